The van der Waals surface area contributed by atoms with Crippen LogP contribution in [0.25, 0.3) is 0 Å². The van der Waals surface area contributed by atoms with Crippen molar-refractivity contribution in [2.24, 2.45) is 0 Å². The van der Waals surface area contributed by atoms with E-state index in [1.54, 1.807) is 4.90 Å². The van der Waals surface area contributed by atoms with Gasteiger partial charge in [-0.1, -0.05) is 24.3 Å². The summed E-state index contributed by atoms with van der Waals surface area (Å²) in [7, 11) is 0. The monoisotopic (exact) mass is 289 g/mol. The van der Waals surface area contributed by atoms with Crippen molar-refractivity contribution >= 4 is 17.5 Å². The fourth-order valence-electron chi connectivity index (χ4n) is 1.90. The summed E-state index contributed by atoms with van der Waals surface area (Å²) in [5, 5.41) is -0.843. The Morgan fingerprint density at radius 3 is 2.21 bits per heavy atom. The second-order valence-electron chi connectivity index (χ2n) is 4.27. The highest BCUT2D eigenvalue weighted by Gasteiger charge is 2.25. The molecule has 1 amide bonds. The van der Waals surface area contributed by atoms with E-state index in [1.165, 1.54) is 24.3 Å². The summed E-state index contributed by atoms with van der Waals surface area (Å²) in [6, 6.07) is 5.53. The van der Waals surface area contributed by atoms with Crippen LogP contribution < -0.4 is 0 Å². The molecule has 3 nitrogen and oxygen atoms in total. The summed E-state index contributed by atoms with van der Waals surface area (Å²) in [4.78, 5) is 13.7. The zero-order valence-corrected chi connectivity index (χ0v) is 10.9. The predicted molar refractivity (Wildman–Crippen MR) is 67.4 cm³/mol. The lowest BCUT2D eigenvalue weighted by Gasteiger charge is -2.28. The number of morpholine rings is 1. The SMILES string of the molecule is O=C(C(Cl)c1ccc(C(F)F)cc1)N1CCOCC1. The van der Waals surface area contributed by atoms with Gasteiger partial charge in [0.25, 0.3) is 6.43 Å². The van der Waals surface area contributed by atoms with E-state index in [-0.39, 0.29) is 11.5 Å². The number of carbonyl (C=O) groups excluding carboxylic acids is 1. The van der Waals surface area contributed by atoms with Crippen molar-refractivity contribution in [3.05, 3.63) is 35.4 Å². The average molecular weight is 290 g/mol. The lowest BCUT2D eigenvalue weighted by molar-refractivity contribution is -0.134. The van der Waals surface area contributed by atoms with Gasteiger partial charge in [-0.3, -0.25) is 4.79 Å². The van der Waals surface area contributed by atoms with E-state index in [9.17, 15) is 13.6 Å². The first-order chi connectivity index (χ1) is 9.09. The molecule has 6 heteroatoms. The van der Waals surface area contributed by atoms with E-state index in [2.05, 4.69) is 0 Å². The first-order valence-electron chi connectivity index (χ1n) is 5.98. The number of carbonyl (C=O) groups is 1. The molecule has 1 fully saturated rings. The van der Waals surface area contributed by atoms with Gasteiger partial charge in [0, 0.05) is 18.7 Å². The molecule has 104 valence electrons. The molecule has 0 radical (unpaired) electrons. The van der Waals surface area contributed by atoms with Crippen LogP contribution in [-0.4, -0.2) is 37.1 Å². The smallest absolute Gasteiger partial charge is 0.263 e. The molecule has 2 rings (SSSR count). The minimum absolute atomic E-state index is 0.0774. The summed E-state index contributed by atoms with van der Waals surface area (Å²) >= 11 is 6.10. The van der Waals surface area contributed by atoms with Crippen LogP contribution in [0, 0.1) is 0 Å². The highest BCUT2D eigenvalue weighted by molar-refractivity contribution is 6.30. The van der Waals surface area contributed by atoms with Crippen LogP contribution in [0.5, 0.6) is 0 Å². The summed E-state index contributed by atoms with van der Waals surface area (Å²) in [6.45, 7) is 2.02. The largest absolute Gasteiger partial charge is 0.378 e. The number of amides is 1. The van der Waals surface area contributed by atoms with E-state index in [4.69, 9.17) is 16.3 Å². The molecule has 1 aliphatic rings. The van der Waals surface area contributed by atoms with E-state index in [0.29, 0.717) is 31.9 Å². The molecule has 0 N–H and O–H groups in total. The molecule has 0 aromatic heterocycles. The van der Waals surface area contributed by atoms with Gasteiger partial charge < -0.3 is 9.64 Å². The Labute approximate surface area is 115 Å². The fraction of sp³-hybridized carbons (Fsp3) is 0.462. The van der Waals surface area contributed by atoms with E-state index in [0.717, 1.165) is 0 Å². The third-order valence-electron chi connectivity index (χ3n) is 3.02. The Kier molecular flexibility index (Phi) is 4.71. The number of benzene rings is 1. The molecule has 1 heterocycles. The maximum atomic E-state index is 12.4. The fourth-order valence-corrected chi connectivity index (χ4v) is 2.18. The summed E-state index contributed by atoms with van der Waals surface area (Å²) in [5.41, 5.74) is 0.453. The van der Waals surface area contributed by atoms with Crippen molar-refractivity contribution in [2.75, 3.05) is 26.3 Å². The third-order valence-corrected chi connectivity index (χ3v) is 3.46. The van der Waals surface area contributed by atoms with E-state index in [1.807, 2.05) is 0 Å². The third kappa shape index (κ3) is 3.42. The van der Waals surface area contributed by atoms with Gasteiger partial charge in [0.2, 0.25) is 5.91 Å². The second kappa shape index (κ2) is 6.30. The zero-order chi connectivity index (χ0) is 13.8. The summed E-state index contributed by atoms with van der Waals surface area (Å²) < 4.78 is 30.0. The minimum atomic E-state index is -2.52. The van der Waals surface area contributed by atoms with Gasteiger partial charge in [0.15, 0.2) is 0 Å². The van der Waals surface area contributed by atoms with Gasteiger partial charge in [-0.25, -0.2) is 8.78 Å². The quantitative estimate of drug-likeness (QED) is 0.801. The average Bonchev–Trinajstić information content (AvgIpc) is 2.46. The molecule has 1 aromatic rings. The van der Waals surface area contributed by atoms with Gasteiger partial charge in [-0.2, -0.15) is 0 Å². The molecule has 0 saturated carbocycles. The Hall–Kier alpha value is -1.20. The van der Waals surface area contributed by atoms with Crippen molar-refractivity contribution in [3.63, 3.8) is 0 Å². The van der Waals surface area contributed by atoms with Crippen LogP contribution in [0.15, 0.2) is 24.3 Å². The summed E-state index contributed by atoms with van der Waals surface area (Å²) in [6.07, 6.45) is -2.52. The number of rotatable bonds is 3. The van der Waals surface area contributed by atoms with E-state index < -0.39 is 11.8 Å². The number of alkyl halides is 3. The van der Waals surface area contributed by atoms with Crippen LogP contribution in [0.2, 0.25) is 0 Å². The van der Waals surface area contributed by atoms with Crippen molar-refractivity contribution in [3.8, 4) is 0 Å². The lowest BCUT2D eigenvalue weighted by Crippen LogP contribution is -2.42. The Bertz CT molecular complexity index is 433. The number of hydrogen-bond acceptors (Lipinski definition) is 2. The maximum absolute atomic E-state index is 12.4. The molecule has 1 saturated heterocycles. The Morgan fingerprint density at radius 1 is 1.16 bits per heavy atom. The highest BCUT2D eigenvalue weighted by Crippen LogP contribution is 2.26. The molecule has 1 unspecified atom stereocenters. The molecule has 0 spiro atoms. The molecule has 19 heavy (non-hydrogen) atoms. The van der Waals surface area contributed by atoms with Crippen LogP contribution in [0.4, 0.5) is 8.78 Å². The first kappa shape index (κ1) is 14.2. The predicted octanol–water partition coefficient (Wildman–Crippen LogP) is 2.76. The maximum Gasteiger partial charge on any atom is 0.263 e. The number of nitrogens with zero attached hydrogens (tertiary/aromatic N) is 1. The molecule has 0 bridgehead atoms. The number of ether oxygens (including phenoxy) is 1. The van der Waals surface area contributed by atoms with Gasteiger partial charge in [0.05, 0.1) is 13.2 Å². The Balaban J connectivity index is 2.05. The minimum Gasteiger partial charge on any atom is -0.378 e. The van der Waals surface area contributed by atoms with Gasteiger partial charge in [-0.05, 0) is 5.56 Å². The molecule has 1 aliphatic heterocycles. The van der Waals surface area contributed by atoms with Crippen molar-refractivity contribution < 1.29 is 18.3 Å². The molecular formula is C13H14ClF2NO2. The standard InChI is InChI=1S/C13H14ClF2NO2/c14-11(13(18)17-5-7-19-8-6-17)9-1-3-10(4-2-9)12(15)16/h1-4,11-12H,5-8H2. The second-order valence-corrected chi connectivity index (χ2v) is 4.70. The topological polar surface area (TPSA) is 29.5 Å². The lowest BCUT2D eigenvalue weighted by atomic mass is 10.1. The summed E-state index contributed by atoms with van der Waals surface area (Å²) in [5.74, 6) is -0.213. The van der Waals surface area contributed by atoms with Gasteiger partial charge >= 0.3 is 0 Å². The van der Waals surface area contributed by atoms with Gasteiger partial charge in [-0.15, -0.1) is 11.6 Å². The van der Waals surface area contributed by atoms with E-state index >= 15 is 0 Å². The zero-order valence-electron chi connectivity index (χ0n) is 10.2. The highest BCUT2D eigenvalue weighted by atomic mass is 35.5. The van der Waals surface area contributed by atoms with Crippen molar-refractivity contribution in [1.82, 2.24) is 4.90 Å². The molecule has 0 aliphatic carbocycles. The van der Waals surface area contributed by atoms with Crippen molar-refractivity contribution in [1.29, 1.82) is 0 Å². The number of halogens is 3. The van der Waals surface area contributed by atoms with Crippen LogP contribution in [0.3, 0.4) is 0 Å². The van der Waals surface area contributed by atoms with Crippen LogP contribution in [-0.2, 0) is 9.53 Å². The number of hydrogen-bond donors (Lipinski definition) is 0. The van der Waals surface area contributed by atoms with Crippen LogP contribution >= 0.6 is 11.6 Å². The molecule has 1 aromatic carbocycles. The van der Waals surface area contributed by atoms with Gasteiger partial charge in [0.1, 0.15) is 5.38 Å². The normalized spacial score (nSPS) is 17.6. The van der Waals surface area contributed by atoms with Crippen molar-refractivity contribution in [2.45, 2.75) is 11.8 Å². The molecular weight excluding hydrogens is 276 g/mol. The van der Waals surface area contributed by atoms with Crippen LogP contribution in [0.1, 0.15) is 22.9 Å². The molecule has 1 atom stereocenters. The first-order valence-corrected chi connectivity index (χ1v) is 6.42. The Morgan fingerprint density at radius 2 is 1.68 bits per heavy atom.